The van der Waals surface area contributed by atoms with Gasteiger partial charge in [0.25, 0.3) is 0 Å². The lowest BCUT2D eigenvalue weighted by molar-refractivity contribution is -0.939. The Labute approximate surface area is 174 Å². The summed E-state index contributed by atoms with van der Waals surface area (Å²) in [6.45, 7) is 5.92. The lowest BCUT2D eigenvalue weighted by atomic mass is 9.83. The highest BCUT2D eigenvalue weighted by atomic mass is 32.1. The lowest BCUT2D eigenvalue weighted by Crippen LogP contribution is -2.64. The quantitative estimate of drug-likeness (QED) is 0.460. The van der Waals surface area contributed by atoms with Gasteiger partial charge in [-0.25, -0.2) is 4.79 Å². The minimum Gasteiger partial charge on any atom is -0.453 e. The molecule has 4 nitrogen and oxygen atoms in total. The Hall–Kier alpha value is -1.65. The predicted octanol–water partition coefficient (Wildman–Crippen LogP) is 3.61. The summed E-state index contributed by atoms with van der Waals surface area (Å²) in [5, 5.41) is 15.2. The van der Waals surface area contributed by atoms with Gasteiger partial charge in [-0.1, -0.05) is 25.0 Å². The van der Waals surface area contributed by atoms with Crippen LogP contribution < -0.4 is 0 Å². The number of esters is 1. The van der Waals surface area contributed by atoms with Crippen molar-refractivity contribution in [2.75, 3.05) is 26.2 Å². The van der Waals surface area contributed by atoms with E-state index in [2.05, 4.69) is 18.8 Å². The summed E-state index contributed by atoms with van der Waals surface area (Å²) < 4.78 is 6.94. The van der Waals surface area contributed by atoms with Crippen molar-refractivity contribution in [3.8, 4) is 11.8 Å². The van der Waals surface area contributed by atoms with Crippen molar-refractivity contribution in [2.45, 2.75) is 37.9 Å². The first-order valence-corrected chi connectivity index (χ1v) is 11.7. The Bertz CT molecular complexity index is 821. The first-order valence-electron chi connectivity index (χ1n) is 9.90. The maximum atomic E-state index is 13.3. The maximum Gasteiger partial charge on any atom is 0.349 e. The molecule has 0 radical (unpaired) electrons. The number of thiophene rings is 2. The second-order valence-electron chi connectivity index (χ2n) is 7.78. The molecule has 6 heteroatoms. The molecule has 3 aliphatic rings. The average molecular weight is 417 g/mol. The molecule has 3 fully saturated rings. The molecule has 28 heavy (non-hydrogen) atoms. The number of carbonyl (C=O) groups is 1. The minimum absolute atomic E-state index is 0.148. The monoisotopic (exact) mass is 416 g/mol. The van der Waals surface area contributed by atoms with Crippen LogP contribution in [0, 0.1) is 17.8 Å². The largest absolute Gasteiger partial charge is 0.453 e. The average Bonchev–Trinajstić information content (AvgIpc) is 3.43. The van der Waals surface area contributed by atoms with Crippen LogP contribution in [0.25, 0.3) is 0 Å². The summed E-state index contributed by atoms with van der Waals surface area (Å²) in [5.74, 6) is 6.32. The van der Waals surface area contributed by atoms with E-state index in [4.69, 9.17) is 4.74 Å². The molecule has 2 aromatic heterocycles. The molecule has 0 spiro atoms. The molecule has 1 N–H and O–H groups in total. The zero-order chi connectivity index (χ0) is 19.6. The van der Waals surface area contributed by atoms with E-state index in [-0.39, 0.29) is 6.10 Å². The van der Waals surface area contributed by atoms with Gasteiger partial charge in [-0.3, -0.25) is 0 Å². The number of aliphatic hydroxyl groups is 1. The Kier molecular flexibility index (Phi) is 5.62. The van der Waals surface area contributed by atoms with E-state index in [1.54, 1.807) is 12.1 Å². The molecule has 5 heterocycles. The molecule has 1 atom stereocenters. The zero-order valence-electron chi connectivity index (χ0n) is 16.1. The van der Waals surface area contributed by atoms with Gasteiger partial charge in [0.15, 0.2) is 6.10 Å². The van der Waals surface area contributed by atoms with Gasteiger partial charge in [0.1, 0.15) is 13.1 Å². The summed E-state index contributed by atoms with van der Waals surface area (Å²) in [4.78, 5) is 14.5. The van der Waals surface area contributed by atoms with E-state index in [1.165, 1.54) is 22.7 Å². The standard InChI is InChI=1S/C22H26NO3S2/c1-2-3-4-11-23-12-9-17(10-13-23)18(16-23)26-21(24)22(25,19-7-5-14-27-19)20-8-6-15-28-20/h5-8,14-15,17-18,25H,2,9-13,16H2,1H3/q+1/t17?,18-,23?/m0/s1. The van der Waals surface area contributed by atoms with Crippen molar-refractivity contribution in [3.63, 3.8) is 0 Å². The fourth-order valence-corrected chi connectivity index (χ4v) is 6.15. The van der Waals surface area contributed by atoms with Gasteiger partial charge < -0.3 is 14.3 Å². The number of rotatable bonds is 5. The van der Waals surface area contributed by atoms with E-state index >= 15 is 0 Å². The van der Waals surface area contributed by atoms with Crippen LogP contribution >= 0.6 is 22.7 Å². The summed E-state index contributed by atoms with van der Waals surface area (Å²) >= 11 is 2.76. The third-order valence-electron chi connectivity index (χ3n) is 6.07. The van der Waals surface area contributed by atoms with Gasteiger partial charge in [0.2, 0.25) is 5.60 Å². The number of hydrogen-bond acceptors (Lipinski definition) is 5. The van der Waals surface area contributed by atoms with Crippen molar-refractivity contribution >= 4 is 28.6 Å². The molecular formula is C22H26NO3S2+. The highest BCUT2D eigenvalue weighted by Crippen LogP contribution is 2.40. The van der Waals surface area contributed by atoms with Crippen LogP contribution in [0.3, 0.4) is 0 Å². The van der Waals surface area contributed by atoms with Crippen molar-refractivity contribution in [2.24, 2.45) is 5.92 Å². The van der Waals surface area contributed by atoms with Gasteiger partial charge in [0.05, 0.1) is 22.8 Å². The number of quaternary nitrogens is 1. The molecule has 2 bridgehead atoms. The number of ether oxygens (including phenoxy) is 1. The summed E-state index contributed by atoms with van der Waals surface area (Å²) in [5.41, 5.74) is -1.72. The lowest BCUT2D eigenvalue weighted by Gasteiger charge is -2.51. The molecular weight excluding hydrogens is 390 g/mol. The SMILES string of the molecule is CCC#CC[N+]12CCC(CC1)[C@@H](OC(=O)C(O)(c1cccs1)c1cccs1)C2. The van der Waals surface area contributed by atoms with Crippen LogP contribution in [0.1, 0.15) is 35.9 Å². The maximum absolute atomic E-state index is 13.3. The highest BCUT2D eigenvalue weighted by Gasteiger charge is 2.51. The molecule has 3 aliphatic heterocycles. The normalized spacial score (nSPS) is 26.5. The number of nitrogens with zero attached hydrogens (tertiary/aromatic N) is 1. The second-order valence-corrected chi connectivity index (χ2v) is 9.68. The molecule has 148 valence electrons. The van der Waals surface area contributed by atoms with Gasteiger partial charge in [-0.2, -0.15) is 0 Å². The molecule has 3 saturated heterocycles. The van der Waals surface area contributed by atoms with E-state index in [0.717, 1.165) is 49.9 Å². The van der Waals surface area contributed by atoms with E-state index in [0.29, 0.717) is 15.7 Å². The first kappa shape index (κ1) is 19.7. The van der Waals surface area contributed by atoms with E-state index < -0.39 is 11.6 Å². The van der Waals surface area contributed by atoms with Crippen molar-refractivity contribution in [3.05, 3.63) is 44.8 Å². The van der Waals surface area contributed by atoms with Crippen molar-refractivity contribution in [1.82, 2.24) is 0 Å². The minimum atomic E-state index is -1.72. The molecule has 0 aliphatic carbocycles. The Morgan fingerprint density at radius 2 is 1.86 bits per heavy atom. The van der Waals surface area contributed by atoms with Crippen LogP contribution in [0.15, 0.2) is 35.0 Å². The smallest absolute Gasteiger partial charge is 0.349 e. The van der Waals surface area contributed by atoms with Gasteiger partial charge in [-0.05, 0) is 28.8 Å². The van der Waals surface area contributed by atoms with E-state index in [9.17, 15) is 9.90 Å². The zero-order valence-corrected chi connectivity index (χ0v) is 17.7. The van der Waals surface area contributed by atoms with Crippen LogP contribution in [0.5, 0.6) is 0 Å². The number of fused-ring (bicyclic) bond motifs is 3. The Morgan fingerprint density at radius 3 is 2.39 bits per heavy atom. The number of carbonyl (C=O) groups excluding carboxylic acids is 1. The molecule has 0 amide bonds. The third kappa shape index (κ3) is 3.53. The van der Waals surface area contributed by atoms with Gasteiger partial charge in [-0.15, -0.1) is 22.7 Å². The van der Waals surface area contributed by atoms with Crippen LogP contribution in [0.4, 0.5) is 0 Å². The van der Waals surface area contributed by atoms with Crippen LogP contribution in [0.2, 0.25) is 0 Å². The highest BCUT2D eigenvalue weighted by molar-refractivity contribution is 7.12. The van der Waals surface area contributed by atoms with Crippen LogP contribution in [-0.2, 0) is 15.1 Å². The number of hydrogen-bond donors (Lipinski definition) is 1. The number of piperidine rings is 3. The fraction of sp³-hybridized carbons (Fsp3) is 0.500. The Morgan fingerprint density at radius 1 is 1.21 bits per heavy atom. The molecule has 0 unspecified atom stereocenters. The molecule has 0 saturated carbocycles. The summed E-state index contributed by atoms with van der Waals surface area (Å²) in [7, 11) is 0. The third-order valence-corrected chi connectivity index (χ3v) is 8.02. The summed E-state index contributed by atoms with van der Waals surface area (Å²) in [6, 6.07) is 7.31. The molecule has 0 aromatic carbocycles. The summed E-state index contributed by atoms with van der Waals surface area (Å²) in [6.07, 6.45) is 2.84. The van der Waals surface area contributed by atoms with Crippen molar-refractivity contribution in [1.29, 1.82) is 0 Å². The Balaban J connectivity index is 1.55. The van der Waals surface area contributed by atoms with Gasteiger partial charge in [0, 0.05) is 25.2 Å². The van der Waals surface area contributed by atoms with E-state index in [1.807, 2.05) is 22.9 Å². The fourth-order valence-electron chi connectivity index (χ4n) is 4.44. The predicted molar refractivity (Wildman–Crippen MR) is 112 cm³/mol. The van der Waals surface area contributed by atoms with Crippen molar-refractivity contribution < 1.29 is 19.1 Å². The molecule has 5 rings (SSSR count). The first-order chi connectivity index (χ1) is 13.6. The second kappa shape index (κ2) is 8.00. The van der Waals surface area contributed by atoms with Gasteiger partial charge >= 0.3 is 5.97 Å². The van der Waals surface area contributed by atoms with Crippen LogP contribution in [-0.4, -0.2) is 47.8 Å². The topological polar surface area (TPSA) is 46.5 Å². The molecule has 2 aromatic rings.